The summed E-state index contributed by atoms with van der Waals surface area (Å²) in [7, 11) is 3.78. The number of hydrogen-bond donors (Lipinski definition) is 0. The van der Waals surface area contributed by atoms with Crippen LogP contribution in [-0.4, -0.2) is 26.6 Å². The summed E-state index contributed by atoms with van der Waals surface area (Å²) >= 11 is 5.71. The maximum atomic E-state index is 5.71. The summed E-state index contributed by atoms with van der Waals surface area (Å²) in [6, 6.07) is 4.25. The van der Waals surface area contributed by atoms with Gasteiger partial charge in [0.2, 0.25) is 0 Å². The molecule has 16 heavy (non-hydrogen) atoms. The van der Waals surface area contributed by atoms with Crippen molar-refractivity contribution in [1.82, 2.24) is 0 Å². The van der Waals surface area contributed by atoms with Gasteiger partial charge in [-0.3, -0.25) is 0 Å². The van der Waals surface area contributed by atoms with E-state index in [2.05, 4.69) is 37.9 Å². The van der Waals surface area contributed by atoms with Crippen LogP contribution in [0.1, 0.15) is 17.5 Å². The number of rotatable bonds is 5. The highest BCUT2D eigenvalue weighted by molar-refractivity contribution is 6.17. The van der Waals surface area contributed by atoms with Crippen LogP contribution in [0.5, 0.6) is 5.75 Å². The zero-order valence-electron chi connectivity index (χ0n) is 10.5. The van der Waals surface area contributed by atoms with Crippen LogP contribution in [0.25, 0.3) is 0 Å². The molecule has 3 heteroatoms. The number of aryl methyl sites for hydroxylation is 2. The highest BCUT2D eigenvalue weighted by Crippen LogP contribution is 2.30. The number of ether oxygens (including phenoxy) is 1. The number of nitrogens with zero attached hydrogens (tertiary/aromatic N) is 1. The Morgan fingerprint density at radius 1 is 1.25 bits per heavy atom. The van der Waals surface area contributed by atoms with E-state index in [1.165, 1.54) is 11.1 Å². The van der Waals surface area contributed by atoms with Crippen LogP contribution in [0.3, 0.4) is 0 Å². The van der Waals surface area contributed by atoms with Crippen LogP contribution in [0.4, 0.5) is 5.69 Å². The fourth-order valence-electron chi connectivity index (χ4n) is 1.65. The molecule has 0 atom stereocenters. The minimum absolute atomic E-state index is 0.692. The predicted molar refractivity (Wildman–Crippen MR) is 71.1 cm³/mol. The first kappa shape index (κ1) is 13.2. The highest BCUT2D eigenvalue weighted by Gasteiger charge is 2.09. The van der Waals surface area contributed by atoms with Crippen LogP contribution >= 0.6 is 11.6 Å². The maximum absolute atomic E-state index is 5.71. The van der Waals surface area contributed by atoms with Crippen molar-refractivity contribution in [2.24, 2.45) is 0 Å². The Labute approximate surface area is 103 Å². The average molecular weight is 242 g/mol. The van der Waals surface area contributed by atoms with Gasteiger partial charge in [0.05, 0.1) is 12.8 Å². The third kappa shape index (κ3) is 3.05. The Morgan fingerprint density at radius 2 is 1.88 bits per heavy atom. The van der Waals surface area contributed by atoms with Gasteiger partial charge >= 0.3 is 0 Å². The van der Waals surface area contributed by atoms with Gasteiger partial charge in [-0.1, -0.05) is 0 Å². The zero-order chi connectivity index (χ0) is 12.1. The number of anilines is 1. The predicted octanol–water partition coefficient (Wildman–Crippen LogP) is 3.38. The lowest BCUT2D eigenvalue weighted by Gasteiger charge is -2.22. The molecule has 0 unspecified atom stereocenters. The minimum atomic E-state index is 0.692. The molecule has 0 aliphatic rings. The second-order valence-electron chi connectivity index (χ2n) is 4.07. The van der Waals surface area contributed by atoms with E-state index in [-0.39, 0.29) is 0 Å². The van der Waals surface area contributed by atoms with Crippen molar-refractivity contribution in [2.75, 3.05) is 31.5 Å². The molecule has 2 nitrogen and oxygen atoms in total. The Balaban J connectivity index is 2.96. The van der Waals surface area contributed by atoms with Gasteiger partial charge in [-0.15, -0.1) is 11.6 Å². The first-order valence-electron chi connectivity index (χ1n) is 5.52. The van der Waals surface area contributed by atoms with Crippen LogP contribution in [0.15, 0.2) is 12.1 Å². The van der Waals surface area contributed by atoms with E-state index < -0.39 is 0 Å². The summed E-state index contributed by atoms with van der Waals surface area (Å²) < 4.78 is 5.41. The van der Waals surface area contributed by atoms with E-state index in [4.69, 9.17) is 16.3 Å². The van der Waals surface area contributed by atoms with Crippen LogP contribution < -0.4 is 9.64 Å². The van der Waals surface area contributed by atoms with E-state index in [1.54, 1.807) is 7.11 Å². The molecular weight excluding hydrogens is 222 g/mol. The summed E-state index contributed by atoms with van der Waals surface area (Å²) in [6.45, 7) is 5.16. The van der Waals surface area contributed by atoms with Crippen molar-refractivity contribution in [1.29, 1.82) is 0 Å². The second kappa shape index (κ2) is 6.00. The monoisotopic (exact) mass is 241 g/mol. The smallest absolute Gasteiger partial charge is 0.142 e. The molecule has 90 valence electrons. The van der Waals surface area contributed by atoms with Gasteiger partial charge in [0.1, 0.15) is 5.75 Å². The number of methoxy groups -OCH3 is 1. The molecule has 0 aromatic heterocycles. The molecule has 0 fully saturated rings. The largest absolute Gasteiger partial charge is 0.495 e. The lowest BCUT2D eigenvalue weighted by molar-refractivity contribution is 0.414. The van der Waals surface area contributed by atoms with Gasteiger partial charge in [-0.05, 0) is 43.5 Å². The van der Waals surface area contributed by atoms with Gasteiger partial charge in [-0.25, -0.2) is 0 Å². The number of hydrogen-bond acceptors (Lipinski definition) is 2. The molecule has 0 bridgehead atoms. The van der Waals surface area contributed by atoms with Gasteiger partial charge in [-0.2, -0.15) is 0 Å². The maximum Gasteiger partial charge on any atom is 0.142 e. The summed E-state index contributed by atoms with van der Waals surface area (Å²) in [6.07, 6.45) is 0.980. The lowest BCUT2D eigenvalue weighted by Crippen LogP contribution is -2.19. The molecule has 0 N–H and O–H groups in total. The Hall–Kier alpha value is -0.890. The minimum Gasteiger partial charge on any atom is -0.495 e. The Kier molecular flexibility index (Phi) is 4.94. The van der Waals surface area contributed by atoms with E-state index in [9.17, 15) is 0 Å². The topological polar surface area (TPSA) is 12.5 Å². The summed E-state index contributed by atoms with van der Waals surface area (Å²) in [4.78, 5) is 2.19. The summed E-state index contributed by atoms with van der Waals surface area (Å²) in [5.41, 5.74) is 3.68. The van der Waals surface area contributed by atoms with Crippen molar-refractivity contribution in [2.45, 2.75) is 20.3 Å². The molecule has 0 amide bonds. The fourth-order valence-corrected chi connectivity index (χ4v) is 1.77. The van der Waals surface area contributed by atoms with E-state index >= 15 is 0 Å². The summed E-state index contributed by atoms with van der Waals surface area (Å²) in [5, 5.41) is 0. The van der Waals surface area contributed by atoms with Gasteiger partial charge in [0.15, 0.2) is 0 Å². The molecule has 1 rings (SSSR count). The molecule has 0 heterocycles. The number of alkyl halides is 1. The Bertz CT molecular complexity index is 352. The van der Waals surface area contributed by atoms with Gasteiger partial charge < -0.3 is 9.64 Å². The molecule has 0 radical (unpaired) electrons. The van der Waals surface area contributed by atoms with Crippen LogP contribution in [0, 0.1) is 13.8 Å². The van der Waals surface area contributed by atoms with Crippen molar-refractivity contribution < 1.29 is 4.74 Å². The van der Waals surface area contributed by atoms with Crippen LogP contribution in [-0.2, 0) is 0 Å². The third-order valence-corrected chi connectivity index (χ3v) is 3.10. The zero-order valence-corrected chi connectivity index (χ0v) is 11.3. The van der Waals surface area contributed by atoms with E-state index in [1.807, 2.05) is 0 Å². The fraction of sp³-hybridized carbons (Fsp3) is 0.538. The molecule has 0 saturated heterocycles. The number of benzene rings is 1. The van der Waals surface area contributed by atoms with Crippen molar-refractivity contribution in [3.8, 4) is 5.75 Å². The van der Waals surface area contributed by atoms with E-state index in [0.717, 1.165) is 24.4 Å². The molecule has 0 aliphatic heterocycles. The number of halogens is 1. The molecule has 0 spiro atoms. The SMILES string of the molecule is COc1cc(C)c(C)cc1N(C)CCCCl. The standard InChI is InChI=1S/C13H20ClNO/c1-10-8-12(15(3)7-5-6-14)13(16-4)9-11(10)2/h8-9H,5-7H2,1-4H3. The van der Waals surface area contributed by atoms with E-state index in [0.29, 0.717) is 5.88 Å². The van der Waals surface area contributed by atoms with Gasteiger partial charge in [0, 0.05) is 19.5 Å². The van der Waals surface area contributed by atoms with Crippen molar-refractivity contribution >= 4 is 17.3 Å². The molecule has 0 aliphatic carbocycles. The normalized spacial score (nSPS) is 10.3. The van der Waals surface area contributed by atoms with Crippen molar-refractivity contribution in [3.63, 3.8) is 0 Å². The van der Waals surface area contributed by atoms with Gasteiger partial charge in [0.25, 0.3) is 0 Å². The highest BCUT2D eigenvalue weighted by atomic mass is 35.5. The molecule has 1 aromatic carbocycles. The molecule has 1 aromatic rings. The average Bonchev–Trinajstić information content (AvgIpc) is 2.28. The quantitative estimate of drug-likeness (QED) is 0.733. The van der Waals surface area contributed by atoms with Crippen LogP contribution in [0.2, 0.25) is 0 Å². The second-order valence-corrected chi connectivity index (χ2v) is 4.45. The Morgan fingerprint density at radius 3 is 2.44 bits per heavy atom. The molecule has 0 saturated carbocycles. The lowest BCUT2D eigenvalue weighted by atomic mass is 10.1. The summed E-state index contributed by atoms with van der Waals surface area (Å²) in [5.74, 6) is 1.62. The molecular formula is C13H20ClNO. The first-order valence-corrected chi connectivity index (χ1v) is 6.06. The first-order chi connectivity index (χ1) is 7.60. The van der Waals surface area contributed by atoms with Crippen molar-refractivity contribution in [3.05, 3.63) is 23.3 Å². The third-order valence-electron chi connectivity index (χ3n) is 2.83.